The van der Waals surface area contributed by atoms with Crippen LogP contribution < -0.4 is 5.56 Å². The first kappa shape index (κ1) is 16.6. The summed E-state index contributed by atoms with van der Waals surface area (Å²) < 4.78 is 5.97. The van der Waals surface area contributed by atoms with Crippen LogP contribution in [0.15, 0.2) is 41.7 Å². The Morgan fingerprint density at radius 2 is 2.04 bits per heavy atom. The van der Waals surface area contributed by atoms with Crippen LogP contribution in [0.3, 0.4) is 0 Å². The van der Waals surface area contributed by atoms with Crippen molar-refractivity contribution in [3.05, 3.63) is 52.0 Å². The fourth-order valence-electron chi connectivity index (χ4n) is 3.19. The Bertz CT molecular complexity index is 1060. The molecule has 3 heterocycles. The van der Waals surface area contributed by atoms with Crippen molar-refractivity contribution in [1.29, 1.82) is 0 Å². The predicted octanol–water partition coefficient (Wildman–Crippen LogP) is 2.37. The van der Waals surface area contributed by atoms with Gasteiger partial charge >= 0.3 is 0 Å². The Balaban J connectivity index is 1.95. The molecule has 2 aromatic heterocycles. The van der Waals surface area contributed by atoms with Gasteiger partial charge in [0, 0.05) is 31.1 Å². The molecule has 3 aromatic rings. The van der Waals surface area contributed by atoms with E-state index in [4.69, 9.17) is 12.2 Å². The fraction of sp³-hybridized carbons (Fsp3) is 0.353. The van der Waals surface area contributed by atoms with Gasteiger partial charge in [-0.1, -0.05) is 18.2 Å². The number of nitrogens with zero attached hydrogens (tertiary/aromatic N) is 5. The Labute approximate surface area is 154 Å². The lowest BCUT2D eigenvalue weighted by atomic mass is 10.2. The van der Waals surface area contributed by atoms with Crippen molar-refractivity contribution in [1.82, 2.24) is 23.6 Å². The molecule has 0 unspecified atom stereocenters. The molecule has 0 bridgehead atoms. The van der Waals surface area contributed by atoms with Crippen LogP contribution in [-0.4, -0.2) is 48.2 Å². The summed E-state index contributed by atoms with van der Waals surface area (Å²) in [6, 6.07) is 7.53. The van der Waals surface area contributed by atoms with E-state index in [0.29, 0.717) is 29.1 Å². The third-order valence-corrected chi connectivity index (χ3v) is 5.77. The van der Waals surface area contributed by atoms with Gasteiger partial charge in [0.25, 0.3) is 5.56 Å². The Morgan fingerprint density at radius 3 is 2.80 bits per heavy atom. The van der Waals surface area contributed by atoms with Gasteiger partial charge in [0.1, 0.15) is 0 Å². The van der Waals surface area contributed by atoms with Gasteiger partial charge in [-0.15, -0.1) is 11.7 Å². The van der Waals surface area contributed by atoms with E-state index in [9.17, 15) is 4.79 Å². The van der Waals surface area contributed by atoms with E-state index in [1.165, 1.54) is 0 Å². The molecule has 1 aliphatic heterocycles. The molecule has 0 amide bonds. The minimum Gasteiger partial charge on any atom is -0.283 e. The van der Waals surface area contributed by atoms with Crippen LogP contribution in [0.1, 0.15) is 0 Å². The van der Waals surface area contributed by atoms with Crippen LogP contribution in [0.2, 0.25) is 0 Å². The number of allylic oxidation sites excluding steroid dienone is 1. The zero-order valence-electron chi connectivity index (χ0n) is 13.8. The zero-order chi connectivity index (χ0) is 17.4. The van der Waals surface area contributed by atoms with Crippen LogP contribution in [0.5, 0.6) is 0 Å². The van der Waals surface area contributed by atoms with Crippen LogP contribution in [-0.2, 0) is 13.2 Å². The molecule has 1 fully saturated rings. The summed E-state index contributed by atoms with van der Waals surface area (Å²) >= 11 is 7.67. The molecule has 25 heavy (non-hydrogen) atoms. The monoisotopic (exact) mass is 373 g/mol. The molecule has 6 nitrogen and oxygen atoms in total. The van der Waals surface area contributed by atoms with E-state index in [1.54, 1.807) is 10.6 Å². The van der Waals surface area contributed by atoms with Gasteiger partial charge < -0.3 is 0 Å². The average molecular weight is 374 g/mol. The molecular formula is C17H19N5OS2. The SMILES string of the molecule is C=CCn1c(=O)c2ccccc2n2c(=S)n(CN3CCSCC3)nc12. The van der Waals surface area contributed by atoms with Crippen molar-refractivity contribution in [2.24, 2.45) is 0 Å². The minimum absolute atomic E-state index is 0.0653. The first-order valence-electron chi connectivity index (χ1n) is 8.23. The highest BCUT2D eigenvalue weighted by molar-refractivity contribution is 7.99. The summed E-state index contributed by atoms with van der Waals surface area (Å²) in [6.07, 6.45) is 1.71. The molecular weight excluding hydrogens is 354 g/mol. The van der Waals surface area contributed by atoms with Crippen molar-refractivity contribution >= 4 is 40.7 Å². The molecule has 0 aliphatic carbocycles. The lowest BCUT2D eigenvalue weighted by Gasteiger charge is -2.25. The quantitative estimate of drug-likeness (QED) is 0.519. The Kier molecular flexibility index (Phi) is 4.49. The highest BCUT2D eigenvalue weighted by atomic mass is 32.2. The molecule has 8 heteroatoms. The van der Waals surface area contributed by atoms with E-state index < -0.39 is 0 Å². The summed E-state index contributed by atoms with van der Waals surface area (Å²) in [5.41, 5.74) is 0.734. The normalized spacial score (nSPS) is 15.8. The molecule has 1 aliphatic rings. The molecule has 0 atom stereocenters. The summed E-state index contributed by atoms with van der Waals surface area (Å²) in [7, 11) is 0. The summed E-state index contributed by atoms with van der Waals surface area (Å²) in [4.78, 5) is 15.2. The zero-order valence-corrected chi connectivity index (χ0v) is 15.4. The van der Waals surface area contributed by atoms with E-state index >= 15 is 0 Å². The molecule has 0 spiro atoms. The lowest BCUT2D eigenvalue weighted by molar-refractivity contribution is 0.227. The van der Waals surface area contributed by atoms with E-state index in [-0.39, 0.29) is 5.56 Å². The van der Waals surface area contributed by atoms with Crippen molar-refractivity contribution < 1.29 is 0 Å². The standard InChI is InChI=1S/C17H19N5OS2/c1-2-7-20-15(23)13-5-3-4-6-14(13)22-16(20)18-21(17(22)24)12-19-8-10-25-11-9-19/h2-6H,1,7-12H2. The molecule has 4 rings (SSSR count). The van der Waals surface area contributed by atoms with Crippen LogP contribution in [0.4, 0.5) is 0 Å². The van der Waals surface area contributed by atoms with Crippen molar-refractivity contribution in [2.75, 3.05) is 24.6 Å². The number of benzene rings is 1. The molecule has 130 valence electrons. The fourth-order valence-corrected chi connectivity index (χ4v) is 4.44. The number of hydrogen-bond donors (Lipinski definition) is 0. The van der Waals surface area contributed by atoms with Crippen molar-refractivity contribution in [2.45, 2.75) is 13.2 Å². The molecule has 1 aromatic carbocycles. The third kappa shape index (κ3) is 2.84. The van der Waals surface area contributed by atoms with Crippen molar-refractivity contribution in [3.8, 4) is 0 Å². The predicted molar refractivity (Wildman–Crippen MR) is 105 cm³/mol. The van der Waals surface area contributed by atoms with Gasteiger partial charge in [-0.05, 0) is 24.4 Å². The van der Waals surface area contributed by atoms with Crippen LogP contribution in [0, 0.1) is 4.77 Å². The number of para-hydroxylation sites is 1. The third-order valence-electron chi connectivity index (χ3n) is 4.43. The topological polar surface area (TPSA) is 47.5 Å². The van der Waals surface area contributed by atoms with Gasteiger partial charge in [0.2, 0.25) is 10.5 Å². The van der Waals surface area contributed by atoms with Crippen molar-refractivity contribution in [3.63, 3.8) is 0 Å². The van der Waals surface area contributed by atoms with Crippen LogP contribution >= 0.6 is 24.0 Å². The smallest absolute Gasteiger partial charge is 0.263 e. The highest BCUT2D eigenvalue weighted by Gasteiger charge is 2.17. The maximum absolute atomic E-state index is 12.8. The minimum atomic E-state index is -0.0653. The average Bonchev–Trinajstić information content (AvgIpc) is 2.96. The largest absolute Gasteiger partial charge is 0.283 e. The Hall–Kier alpha value is -1.90. The van der Waals surface area contributed by atoms with Gasteiger partial charge in [-0.25, -0.2) is 4.68 Å². The van der Waals surface area contributed by atoms with Gasteiger partial charge in [-0.2, -0.15) is 11.8 Å². The summed E-state index contributed by atoms with van der Waals surface area (Å²) in [5, 5.41) is 5.32. The molecule has 1 saturated heterocycles. The number of rotatable bonds is 4. The molecule has 0 radical (unpaired) electrons. The molecule has 0 N–H and O–H groups in total. The second kappa shape index (κ2) is 6.78. The molecule has 0 saturated carbocycles. The summed E-state index contributed by atoms with van der Waals surface area (Å²) in [6.45, 7) is 6.88. The summed E-state index contributed by atoms with van der Waals surface area (Å²) in [5.74, 6) is 2.83. The van der Waals surface area contributed by atoms with Gasteiger partial charge in [0.05, 0.1) is 17.6 Å². The number of aromatic nitrogens is 4. The number of thioether (sulfide) groups is 1. The lowest BCUT2D eigenvalue weighted by Crippen LogP contribution is -2.34. The maximum atomic E-state index is 12.8. The van der Waals surface area contributed by atoms with Gasteiger partial charge in [0.15, 0.2) is 0 Å². The first-order chi connectivity index (χ1) is 12.2. The second-order valence-electron chi connectivity index (χ2n) is 6.01. The number of hydrogen-bond acceptors (Lipinski definition) is 5. The van der Waals surface area contributed by atoms with E-state index in [2.05, 4.69) is 16.6 Å². The maximum Gasteiger partial charge on any atom is 0.263 e. The Morgan fingerprint density at radius 1 is 1.28 bits per heavy atom. The van der Waals surface area contributed by atoms with Gasteiger partial charge in [-0.3, -0.25) is 18.7 Å². The highest BCUT2D eigenvalue weighted by Crippen LogP contribution is 2.15. The number of fused-ring (bicyclic) bond motifs is 3. The van der Waals surface area contributed by atoms with E-state index in [1.807, 2.05) is 45.1 Å². The first-order valence-corrected chi connectivity index (χ1v) is 9.79. The second-order valence-corrected chi connectivity index (χ2v) is 7.60. The van der Waals surface area contributed by atoms with Crippen LogP contribution in [0.25, 0.3) is 16.7 Å². The van der Waals surface area contributed by atoms with E-state index in [0.717, 1.165) is 30.1 Å².